The third-order valence-corrected chi connectivity index (χ3v) is 2.69. The number of carbonyl (C=O) groups is 1. The zero-order chi connectivity index (χ0) is 9.03. The fraction of sp³-hybridized carbons (Fsp3) is 0.889. The molecule has 5 N–H and O–H groups in total. The van der Waals surface area contributed by atoms with Crippen molar-refractivity contribution in [1.29, 1.82) is 0 Å². The molecule has 0 amide bonds. The molecule has 0 aromatic heterocycles. The summed E-state index contributed by atoms with van der Waals surface area (Å²) in [5.41, 5.74) is 5.87. The lowest BCUT2D eigenvalue weighted by Gasteiger charge is -2.32. The number of hydrogen-bond donors (Lipinski definition) is 2. The molecule has 4 heteroatoms. The van der Waals surface area contributed by atoms with E-state index in [1.807, 2.05) is 0 Å². The summed E-state index contributed by atoms with van der Waals surface area (Å²) in [5, 5.41) is 8.50. The maximum Gasteiger partial charge on any atom is 0.303 e. The van der Waals surface area contributed by atoms with E-state index < -0.39 is 5.97 Å². The largest absolute Gasteiger partial charge is 0.481 e. The fourth-order valence-corrected chi connectivity index (χ4v) is 1.86. The Hall–Kier alpha value is -0.610. The smallest absolute Gasteiger partial charge is 0.303 e. The fourth-order valence-electron chi connectivity index (χ4n) is 1.86. The van der Waals surface area contributed by atoms with E-state index in [0.29, 0.717) is 6.42 Å². The van der Waals surface area contributed by atoms with Crippen molar-refractivity contribution in [2.45, 2.75) is 50.5 Å². The number of carboxylic acid groups (broad SMARTS) is 1. The SMILES string of the molecule is NC1(CCC(=O)O)CCCCC1.O. The Morgan fingerprint density at radius 2 is 1.85 bits per heavy atom. The minimum Gasteiger partial charge on any atom is -0.481 e. The van der Waals surface area contributed by atoms with Crippen molar-refractivity contribution in [3.8, 4) is 0 Å². The number of nitrogens with two attached hydrogens (primary N) is 1. The topological polar surface area (TPSA) is 94.8 Å². The summed E-state index contributed by atoms with van der Waals surface area (Å²) in [4.78, 5) is 10.3. The monoisotopic (exact) mass is 189 g/mol. The molecular formula is C9H19NO3. The van der Waals surface area contributed by atoms with Crippen LogP contribution in [0.15, 0.2) is 0 Å². The predicted molar refractivity (Wildman–Crippen MR) is 50.5 cm³/mol. The van der Waals surface area contributed by atoms with E-state index in [1.165, 1.54) is 6.42 Å². The molecule has 1 aliphatic rings. The van der Waals surface area contributed by atoms with Crippen molar-refractivity contribution in [3.05, 3.63) is 0 Å². The molecular weight excluding hydrogens is 170 g/mol. The summed E-state index contributed by atoms with van der Waals surface area (Å²) in [6.07, 6.45) is 6.44. The zero-order valence-electron chi connectivity index (χ0n) is 7.88. The Kier molecular flexibility index (Phi) is 4.95. The average Bonchev–Trinajstić information content (AvgIpc) is 2.03. The van der Waals surface area contributed by atoms with Gasteiger partial charge < -0.3 is 16.3 Å². The van der Waals surface area contributed by atoms with Gasteiger partial charge in [-0.2, -0.15) is 0 Å². The van der Waals surface area contributed by atoms with E-state index in [0.717, 1.165) is 25.7 Å². The molecule has 0 aromatic rings. The number of aliphatic carboxylic acids is 1. The van der Waals surface area contributed by atoms with Gasteiger partial charge in [0.05, 0.1) is 0 Å². The van der Waals surface area contributed by atoms with Crippen LogP contribution in [0.3, 0.4) is 0 Å². The van der Waals surface area contributed by atoms with Crippen LogP contribution >= 0.6 is 0 Å². The lowest BCUT2D eigenvalue weighted by atomic mass is 9.79. The Labute approximate surface area is 78.4 Å². The minimum absolute atomic E-state index is 0. The van der Waals surface area contributed by atoms with Gasteiger partial charge in [0.25, 0.3) is 0 Å². The number of hydrogen-bond acceptors (Lipinski definition) is 2. The third kappa shape index (κ3) is 4.24. The summed E-state index contributed by atoms with van der Waals surface area (Å²) < 4.78 is 0. The van der Waals surface area contributed by atoms with Crippen molar-refractivity contribution in [3.63, 3.8) is 0 Å². The Morgan fingerprint density at radius 3 is 2.31 bits per heavy atom. The van der Waals surface area contributed by atoms with Crippen LogP contribution < -0.4 is 5.73 Å². The predicted octanol–water partition coefficient (Wildman–Crippen LogP) is 0.688. The second-order valence-electron chi connectivity index (χ2n) is 3.82. The molecule has 0 aliphatic heterocycles. The van der Waals surface area contributed by atoms with E-state index in [4.69, 9.17) is 10.8 Å². The molecule has 0 unspecified atom stereocenters. The summed E-state index contributed by atoms with van der Waals surface area (Å²) in [5.74, 6) is -0.731. The molecule has 1 fully saturated rings. The van der Waals surface area contributed by atoms with Gasteiger partial charge in [-0.25, -0.2) is 0 Å². The van der Waals surface area contributed by atoms with Crippen LogP contribution in [0.4, 0.5) is 0 Å². The molecule has 0 heterocycles. The molecule has 13 heavy (non-hydrogen) atoms. The van der Waals surface area contributed by atoms with Gasteiger partial charge >= 0.3 is 5.97 Å². The van der Waals surface area contributed by atoms with Crippen molar-refractivity contribution in [1.82, 2.24) is 0 Å². The first-order valence-electron chi connectivity index (χ1n) is 4.63. The van der Waals surface area contributed by atoms with Gasteiger partial charge in [0.15, 0.2) is 0 Å². The molecule has 4 nitrogen and oxygen atoms in total. The van der Waals surface area contributed by atoms with E-state index in [1.54, 1.807) is 0 Å². The first-order chi connectivity index (χ1) is 5.62. The van der Waals surface area contributed by atoms with Crippen LogP contribution in [0.1, 0.15) is 44.9 Å². The normalized spacial score (nSPS) is 20.4. The number of rotatable bonds is 3. The first kappa shape index (κ1) is 12.4. The quantitative estimate of drug-likeness (QED) is 0.683. The molecule has 0 spiro atoms. The molecule has 0 saturated heterocycles. The number of carboxylic acids is 1. The maximum atomic E-state index is 10.3. The van der Waals surface area contributed by atoms with Gasteiger partial charge in [-0.15, -0.1) is 0 Å². The van der Waals surface area contributed by atoms with Crippen LogP contribution in [-0.4, -0.2) is 22.1 Å². The summed E-state index contributed by atoms with van der Waals surface area (Å²) >= 11 is 0. The first-order valence-corrected chi connectivity index (χ1v) is 4.63. The van der Waals surface area contributed by atoms with Gasteiger partial charge in [-0.05, 0) is 19.3 Å². The van der Waals surface area contributed by atoms with Crippen LogP contribution in [0.5, 0.6) is 0 Å². The second kappa shape index (κ2) is 5.19. The van der Waals surface area contributed by atoms with Gasteiger partial charge in [0, 0.05) is 12.0 Å². The summed E-state index contributed by atoms with van der Waals surface area (Å²) in [6.45, 7) is 0. The highest BCUT2D eigenvalue weighted by molar-refractivity contribution is 5.66. The highest BCUT2D eigenvalue weighted by atomic mass is 16.4. The van der Waals surface area contributed by atoms with E-state index in [9.17, 15) is 4.79 Å². The van der Waals surface area contributed by atoms with Gasteiger partial charge in [0.1, 0.15) is 0 Å². The van der Waals surface area contributed by atoms with Gasteiger partial charge in [-0.3, -0.25) is 4.79 Å². The van der Waals surface area contributed by atoms with E-state index in [2.05, 4.69) is 0 Å². The van der Waals surface area contributed by atoms with Crippen LogP contribution in [-0.2, 0) is 4.79 Å². The Morgan fingerprint density at radius 1 is 1.31 bits per heavy atom. The second-order valence-corrected chi connectivity index (χ2v) is 3.82. The van der Waals surface area contributed by atoms with Crippen LogP contribution in [0.2, 0.25) is 0 Å². The minimum atomic E-state index is -0.731. The molecule has 1 aliphatic carbocycles. The summed E-state index contributed by atoms with van der Waals surface area (Å²) in [7, 11) is 0. The third-order valence-electron chi connectivity index (χ3n) is 2.69. The Bertz CT molecular complexity index is 164. The van der Waals surface area contributed by atoms with E-state index in [-0.39, 0.29) is 17.4 Å². The standard InChI is InChI=1S/C9H17NO2.H2O/c10-9(7-4-8(11)12)5-2-1-3-6-9;/h1-7,10H2,(H,11,12);1H2. The van der Waals surface area contributed by atoms with Crippen molar-refractivity contribution >= 4 is 5.97 Å². The molecule has 0 atom stereocenters. The van der Waals surface area contributed by atoms with Gasteiger partial charge in [-0.1, -0.05) is 19.3 Å². The highest BCUT2D eigenvalue weighted by Gasteiger charge is 2.27. The van der Waals surface area contributed by atoms with Crippen LogP contribution in [0, 0.1) is 0 Å². The molecule has 78 valence electrons. The van der Waals surface area contributed by atoms with Crippen molar-refractivity contribution < 1.29 is 15.4 Å². The molecule has 1 rings (SSSR count). The molecule has 0 aromatic carbocycles. The molecule has 0 bridgehead atoms. The highest BCUT2D eigenvalue weighted by Crippen LogP contribution is 2.29. The van der Waals surface area contributed by atoms with Crippen molar-refractivity contribution in [2.75, 3.05) is 0 Å². The molecule has 1 saturated carbocycles. The lowest BCUT2D eigenvalue weighted by molar-refractivity contribution is -0.137. The summed E-state index contributed by atoms with van der Waals surface area (Å²) in [6, 6.07) is 0. The van der Waals surface area contributed by atoms with Gasteiger partial charge in [0.2, 0.25) is 0 Å². The average molecular weight is 189 g/mol. The zero-order valence-corrected chi connectivity index (χ0v) is 7.88. The maximum absolute atomic E-state index is 10.3. The lowest BCUT2D eigenvalue weighted by Crippen LogP contribution is -2.41. The van der Waals surface area contributed by atoms with Crippen LogP contribution in [0.25, 0.3) is 0 Å². The Balaban J connectivity index is 0.00000144. The van der Waals surface area contributed by atoms with Crippen molar-refractivity contribution in [2.24, 2.45) is 5.73 Å². The van der Waals surface area contributed by atoms with E-state index >= 15 is 0 Å². The molecule has 0 radical (unpaired) electrons.